The van der Waals surface area contributed by atoms with Crippen molar-refractivity contribution in [3.63, 3.8) is 0 Å². The molecule has 0 aliphatic carbocycles. The van der Waals surface area contributed by atoms with Crippen LogP contribution in [-0.2, 0) is 6.54 Å². The van der Waals surface area contributed by atoms with Crippen LogP contribution in [0.1, 0.15) is 36.1 Å². The van der Waals surface area contributed by atoms with Crippen molar-refractivity contribution in [1.29, 1.82) is 0 Å². The first-order valence-corrected chi connectivity index (χ1v) is 9.93. The number of likely N-dealkylation sites (tertiary alicyclic amines) is 1. The van der Waals surface area contributed by atoms with Gasteiger partial charge in [0.15, 0.2) is 0 Å². The molecule has 0 N–H and O–H groups in total. The average Bonchev–Trinajstić information content (AvgIpc) is 2.95. The van der Waals surface area contributed by atoms with E-state index in [4.69, 9.17) is 4.74 Å². The highest BCUT2D eigenvalue weighted by molar-refractivity contribution is 5.86. The summed E-state index contributed by atoms with van der Waals surface area (Å²) in [4.78, 5) is 11.5. The molecule has 1 fully saturated rings. The maximum absolute atomic E-state index is 6.12. The van der Waals surface area contributed by atoms with Crippen LogP contribution in [0.2, 0.25) is 0 Å². The summed E-state index contributed by atoms with van der Waals surface area (Å²) in [6, 6.07) is 10.5. The Balaban J connectivity index is 1.56. The molecule has 1 aliphatic rings. The van der Waals surface area contributed by atoms with Crippen molar-refractivity contribution in [3.8, 4) is 5.88 Å². The third kappa shape index (κ3) is 3.83. The number of aryl methyl sites for hydroxylation is 1. The van der Waals surface area contributed by atoms with Crippen molar-refractivity contribution >= 4 is 11.0 Å². The van der Waals surface area contributed by atoms with Gasteiger partial charge in [0.2, 0.25) is 5.88 Å². The Morgan fingerprint density at radius 3 is 2.56 bits per heavy atom. The normalized spacial score (nSPS) is 15.3. The minimum atomic E-state index is 0.675. The maximum atomic E-state index is 6.12. The molecule has 0 atom stereocenters. The molecule has 0 bridgehead atoms. The van der Waals surface area contributed by atoms with Crippen molar-refractivity contribution in [2.75, 3.05) is 26.2 Å². The van der Waals surface area contributed by atoms with Gasteiger partial charge in [-0.15, -0.1) is 0 Å². The third-order valence-electron chi connectivity index (χ3n) is 5.65. The summed E-state index contributed by atoms with van der Waals surface area (Å²) in [6.45, 7) is 9.11. The van der Waals surface area contributed by atoms with Crippen LogP contribution < -0.4 is 4.74 Å². The quantitative estimate of drug-likeness (QED) is 0.664. The van der Waals surface area contributed by atoms with Crippen LogP contribution in [0, 0.1) is 13.8 Å². The predicted molar refractivity (Wildman–Crippen MR) is 108 cm³/mol. The fourth-order valence-corrected chi connectivity index (χ4v) is 3.96. The molecule has 5 nitrogen and oxygen atoms in total. The molecule has 4 rings (SSSR count). The van der Waals surface area contributed by atoms with Crippen LogP contribution in [0.15, 0.2) is 36.7 Å². The summed E-state index contributed by atoms with van der Waals surface area (Å²) in [5, 5.41) is 1.05. The lowest BCUT2D eigenvalue weighted by Crippen LogP contribution is -2.33. The van der Waals surface area contributed by atoms with Crippen LogP contribution in [0.5, 0.6) is 5.88 Å². The van der Waals surface area contributed by atoms with Crippen molar-refractivity contribution in [1.82, 2.24) is 19.4 Å². The van der Waals surface area contributed by atoms with Crippen LogP contribution in [0.4, 0.5) is 0 Å². The molecule has 3 aromatic rings. The smallest absolute Gasteiger partial charge is 0.226 e. The average molecular weight is 364 g/mol. The minimum Gasteiger partial charge on any atom is -0.476 e. The number of fused-ring (bicyclic) bond motifs is 1. The SMILES string of the molecule is Cc1c(C)n(Cc2ccccc2)c2ncnc(OCCN3CCCCC3)c12. The molecule has 1 saturated heterocycles. The summed E-state index contributed by atoms with van der Waals surface area (Å²) < 4.78 is 8.38. The number of hydrogen-bond donors (Lipinski definition) is 0. The largest absolute Gasteiger partial charge is 0.476 e. The van der Waals surface area contributed by atoms with Gasteiger partial charge in [0.05, 0.1) is 5.39 Å². The van der Waals surface area contributed by atoms with Gasteiger partial charge in [0.25, 0.3) is 0 Å². The molecule has 0 saturated carbocycles. The van der Waals surface area contributed by atoms with Crippen LogP contribution in [0.3, 0.4) is 0 Å². The first kappa shape index (κ1) is 18.0. The number of rotatable bonds is 6. The summed E-state index contributed by atoms with van der Waals surface area (Å²) in [5.41, 5.74) is 4.64. The Morgan fingerprint density at radius 2 is 1.78 bits per heavy atom. The van der Waals surface area contributed by atoms with E-state index in [0.29, 0.717) is 12.5 Å². The van der Waals surface area contributed by atoms with E-state index < -0.39 is 0 Å². The number of nitrogens with zero attached hydrogens (tertiary/aromatic N) is 4. The van der Waals surface area contributed by atoms with Gasteiger partial charge in [-0.3, -0.25) is 4.90 Å². The lowest BCUT2D eigenvalue weighted by atomic mass is 10.1. The highest BCUT2D eigenvalue weighted by Gasteiger charge is 2.18. The van der Waals surface area contributed by atoms with Gasteiger partial charge in [0.1, 0.15) is 18.6 Å². The van der Waals surface area contributed by atoms with E-state index in [1.54, 1.807) is 6.33 Å². The molecule has 0 radical (unpaired) electrons. The third-order valence-corrected chi connectivity index (χ3v) is 5.65. The van der Waals surface area contributed by atoms with E-state index in [0.717, 1.165) is 24.1 Å². The summed E-state index contributed by atoms with van der Waals surface area (Å²) in [6.07, 6.45) is 5.59. The molecule has 0 amide bonds. The Bertz CT molecular complexity index is 898. The lowest BCUT2D eigenvalue weighted by molar-refractivity contribution is 0.181. The standard InChI is InChI=1S/C22H28N4O/c1-17-18(2)26(15-19-9-5-3-6-10-19)21-20(17)22(24-16-23-21)27-14-13-25-11-7-4-8-12-25/h3,5-6,9-10,16H,4,7-8,11-15H2,1-2H3. The fourth-order valence-electron chi connectivity index (χ4n) is 3.96. The van der Waals surface area contributed by atoms with Gasteiger partial charge in [-0.2, -0.15) is 0 Å². The van der Waals surface area contributed by atoms with Gasteiger partial charge in [-0.25, -0.2) is 9.97 Å². The second-order valence-corrected chi connectivity index (χ2v) is 7.41. The number of ether oxygens (including phenoxy) is 1. The lowest BCUT2D eigenvalue weighted by Gasteiger charge is -2.26. The molecule has 27 heavy (non-hydrogen) atoms. The molecule has 1 aromatic carbocycles. The van der Waals surface area contributed by atoms with Gasteiger partial charge in [-0.1, -0.05) is 36.8 Å². The number of benzene rings is 1. The molecule has 142 valence electrons. The molecule has 3 heterocycles. The van der Waals surface area contributed by atoms with Crippen LogP contribution >= 0.6 is 0 Å². The van der Waals surface area contributed by atoms with Gasteiger partial charge in [-0.05, 0) is 50.9 Å². The zero-order valence-electron chi connectivity index (χ0n) is 16.3. The van der Waals surface area contributed by atoms with Crippen LogP contribution in [-0.4, -0.2) is 45.7 Å². The van der Waals surface area contributed by atoms with Gasteiger partial charge >= 0.3 is 0 Å². The molecular weight excluding hydrogens is 336 g/mol. The fraction of sp³-hybridized carbons (Fsp3) is 0.455. The van der Waals surface area contributed by atoms with E-state index in [1.165, 1.54) is 49.2 Å². The van der Waals surface area contributed by atoms with E-state index in [2.05, 4.69) is 57.5 Å². The Labute approximate surface area is 161 Å². The van der Waals surface area contributed by atoms with Crippen molar-refractivity contribution in [3.05, 3.63) is 53.5 Å². The summed E-state index contributed by atoms with van der Waals surface area (Å²) in [7, 11) is 0. The molecule has 5 heteroatoms. The van der Waals surface area contributed by atoms with E-state index >= 15 is 0 Å². The van der Waals surface area contributed by atoms with Crippen molar-refractivity contribution < 1.29 is 4.74 Å². The van der Waals surface area contributed by atoms with Crippen molar-refractivity contribution in [2.24, 2.45) is 0 Å². The molecule has 0 spiro atoms. The predicted octanol–water partition coefficient (Wildman–Crippen LogP) is 3.96. The zero-order valence-corrected chi connectivity index (χ0v) is 16.3. The monoisotopic (exact) mass is 364 g/mol. The van der Waals surface area contributed by atoms with Gasteiger partial charge in [0, 0.05) is 18.8 Å². The molecule has 1 aliphatic heterocycles. The zero-order chi connectivity index (χ0) is 18.6. The topological polar surface area (TPSA) is 43.2 Å². The molecular formula is C22H28N4O. The van der Waals surface area contributed by atoms with E-state index in [9.17, 15) is 0 Å². The number of aromatic nitrogens is 3. The Kier molecular flexibility index (Phi) is 5.39. The second kappa shape index (κ2) is 8.09. The number of hydrogen-bond acceptors (Lipinski definition) is 4. The number of piperidine rings is 1. The highest BCUT2D eigenvalue weighted by Crippen LogP contribution is 2.30. The first-order valence-electron chi connectivity index (χ1n) is 9.93. The van der Waals surface area contributed by atoms with E-state index in [-0.39, 0.29) is 0 Å². The maximum Gasteiger partial charge on any atom is 0.226 e. The Hall–Kier alpha value is -2.40. The summed E-state index contributed by atoms with van der Waals surface area (Å²) in [5.74, 6) is 0.712. The van der Waals surface area contributed by atoms with Gasteiger partial charge < -0.3 is 9.30 Å². The molecule has 2 aromatic heterocycles. The first-order chi connectivity index (χ1) is 13.2. The molecule has 0 unspecified atom stereocenters. The second-order valence-electron chi connectivity index (χ2n) is 7.41. The highest BCUT2D eigenvalue weighted by atomic mass is 16.5. The van der Waals surface area contributed by atoms with E-state index in [1.807, 2.05) is 6.07 Å². The summed E-state index contributed by atoms with van der Waals surface area (Å²) >= 11 is 0. The Morgan fingerprint density at radius 1 is 1.00 bits per heavy atom. The van der Waals surface area contributed by atoms with Crippen molar-refractivity contribution in [2.45, 2.75) is 39.7 Å². The minimum absolute atomic E-state index is 0.675. The van der Waals surface area contributed by atoms with Crippen LogP contribution in [0.25, 0.3) is 11.0 Å².